The van der Waals surface area contributed by atoms with Crippen LogP contribution in [0.1, 0.15) is 22.0 Å². The summed E-state index contributed by atoms with van der Waals surface area (Å²) < 4.78 is 10.6. The number of amides is 1. The van der Waals surface area contributed by atoms with Gasteiger partial charge in [0.15, 0.2) is 0 Å². The number of para-hydroxylation sites is 1. The van der Waals surface area contributed by atoms with Crippen molar-refractivity contribution in [3.8, 4) is 0 Å². The second-order valence-electron chi connectivity index (χ2n) is 5.33. The molecule has 0 fully saturated rings. The summed E-state index contributed by atoms with van der Waals surface area (Å²) in [7, 11) is 1.58. The average molecular weight is 323 g/mol. The van der Waals surface area contributed by atoms with Crippen LogP contribution in [-0.2, 0) is 4.74 Å². The Bertz CT molecular complexity index is 902. The molecule has 0 saturated heterocycles. The third kappa shape index (κ3) is 3.36. The molecule has 1 atom stereocenters. The maximum atomic E-state index is 12.3. The molecular weight excluding hydrogens is 306 g/mol. The summed E-state index contributed by atoms with van der Waals surface area (Å²) in [5, 5.41) is 3.43. The van der Waals surface area contributed by atoms with E-state index in [1.165, 1.54) is 0 Å². The molecule has 5 heteroatoms. The highest BCUT2D eigenvalue weighted by Crippen LogP contribution is 2.16. The van der Waals surface area contributed by atoms with E-state index in [9.17, 15) is 9.59 Å². The quantitative estimate of drug-likeness (QED) is 0.733. The second-order valence-corrected chi connectivity index (χ2v) is 5.33. The van der Waals surface area contributed by atoms with Gasteiger partial charge in [-0.3, -0.25) is 4.79 Å². The van der Waals surface area contributed by atoms with E-state index in [1.807, 2.05) is 36.4 Å². The first-order valence-corrected chi connectivity index (χ1v) is 7.58. The minimum absolute atomic E-state index is 0.0170. The monoisotopic (exact) mass is 323 g/mol. The highest BCUT2D eigenvalue weighted by atomic mass is 16.5. The van der Waals surface area contributed by atoms with Crippen molar-refractivity contribution in [2.45, 2.75) is 6.10 Å². The van der Waals surface area contributed by atoms with E-state index in [0.717, 1.165) is 5.56 Å². The molecule has 24 heavy (non-hydrogen) atoms. The largest absolute Gasteiger partial charge is 0.422 e. The molecule has 0 spiro atoms. The van der Waals surface area contributed by atoms with E-state index in [0.29, 0.717) is 11.0 Å². The summed E-state index contributed by atoms with van der Waals surface area (Å²) in [6, 6.07) is 18.2. The van der Waals surface area contributed by atoms with E-state index in [-0.39, 0.29) is 18.2 Å². The molecule has 2 aromatic carbocycles. The number of hydrogen-bond acceptors (Lipinski definition) is 4. The summed E-state index contributed by atoms with van der Waals surface area (Å²) >= 11 is 0. The summed E-state index contributed by atoms with van der Waals surface area (Å²) in [5.41, 5.74) is 0.737. The third-order valence-electron chi connectivity index (χ3n) is 3.79. The topological polar surface area (TPSA) is 68.5 Å². The van der Waals surface area contributed by atoms with Crippen molar-refractivity contribution >= 4 is 16.9 Å². The first-order valence-electron chi connectivity index (χ1n) is 7.58. The van der Waals surface area contributed by atoms with Gasteiger partial charge in [0.1, 0.15) is 11.1 Å². The Labute approximate surface area is 138 Å². The summed E-state index contributed by atoms with van der Waals surface area (Å²) in [5.74, 6) is -0.479. The van der Waals surface area contributed by atoms with Gasteiger partial charge in [0.05, 0.1) is 6.10 Å². The lowest BCUT2D eigenvalue weighted by molar-refractivity contribution is 0.0825. The molecule has 3 aromatic rings. The Balaban J connectivity index is 1.77. The molecule has 1 unspecified atom stereocenters. The summed E-state index contributed by atoms with van der Waals surface area (Å²) in [4.78, 5) is 24.3. The smallest absolute Gasteiger partial charge is 0.349 e. The second kappa shape index (κ2) is 7.10. The molecule has 0 aliphatic carbocycles. The fourth-order valence-electron chi connectivity index (χ4n) is 2.51. The lowest BCUT2D eigenvalue weighted by Gasteiger charge is -2.16. The van der Waals surface area contributed by atoms with E-state index >= 15 is 0 Å². The molecule has 1 heterocycles. The van der Waals surface area contributed by atoms with Gasteiger partial charge in [-0.15, -0.1) is 0 Å². The lowest BCUT2D eigenvalue weighted by Crippen LogP contribution is -2.32. The lowest BCUT2D eigenvalue weighted by atomic mass is 10.1. The normalized spacial score (nSPS) is 12.0. The molecule has 1 aromatic heterocycles. The standard InChI is InChI=1S/C19H17NO4/c1-23-17(13-7-3-2-4-8-13)12-20-18(21)15-11-14-9-5-6-10-16(14)24-19(15)22/h2-11,17H,12H2,1H3,(H,20,21). The predicted molar refractivity (Wildman–Crippen MR) is 91.0 cm³/mol. The number of carbonyl (C=O) groups is 1. The molecule has 1 amide bonds. The molecule has 0 aliphatic heterocycles. The van der Waals surface area contributed by atoms with Gasteiger partial charge in [-0.2, -0.15) is 0 Å². The average Bonchev–Trinajstić information content (AvgIpc) is 2.62. The van der Waals surface area contributed by atoms with Crippen molar-refractivity contribution in [1.29, 1.82) is 0 Å². The molecule has 5 nitrogen and oxygen atoms in total. The Morgan fingerprint density at radius 1 is 1.12 bits per heavy atom. The van der Waals surface area contributed by atoms with Gasteiger partial charge in [-0.05, 0) is 17.7 Å². The first kappa shape index (κ1) is 16.0. The summed E-state index contributed by atoms with van der Waals surface area (Å²) in [6.07, 6.45) is -0.289. The number of fused-ring (bicyclic) bond motifs is 1. The number of hydrogen-bond donors (Lipinski definition) is 1. The minimum Gasteiger partial charge on any atom is -0.422 e. The zero-order valence-electron chi connectivity index (χ0n) is 13.2. The molecule has 0 radical (unpaired) electrons. The number of nitrogens with one attached hydrogen (secondary N) is 1. The Hall–Kier alpha value is -2.92. The summed E-state index contributed by atoms with van der Waals surface area (Å²) in [6.45, 7) is 0.256. The van der Waals surface area contributed by atoms with Crippen LogP contribution in [0.4, 0.5) is 0 Å². The molecule has 0 bridgehead atoms. The van der Waals surface area contributed by atoms with Crippen LogP contribution in [0.25, 0.3) is 11.0 Å². The van der Waals surface area contributed by atoms with Crippen molar-refractivity contribution in [1.82, 2.24) is 5.32 Å². The SMILES string of the molecule is COC(CNC(=O)c1cc2ccccc2oc1=O)c1ccccc1. The van der Waals surface area contributed by atoms with E-state index < -0.39 is 11.5 Å². The van der Waals surface area contributed by atoms with Crippen LogP contribution < -0.4 is 10.9 Å². The van der Waals surface area contributed by atoms with Gasteiger partial charge >= 0.3 is 5.63 Å². The van der Waals surface area contributed by atoms with E-state index in [2.05, 4.69) is 5.32 Å². The maximum Gasteiger partial charge on any atom is 0.349 e. The van der Waals surface area contributed by atoms with Gasteiger partial charge in [0, 0.05) is 19.0 Å². The Kier molecular flexibility index (Phi) is 4.72. The van der Waals surface area contributed by atoms with Gasteiger partial charge in [0.2, 0.25) is 0 Å². The van der Waals surface area contributed by atoms with Crippen LogP contribution in [0.5, 0.6) is 0 Å². The number of methoxy groups -OCH3 is 1. The van der Waals surface area contributed by atoms with Crippen molar-refractivity contribution < 1.29 is 13.9 Å². The highest BCUT2D eigenvalue weighted by Gasteiger charge is 2.16. The van der Waals surface area contributed by atoms with Crippen molar-refractivity contribution in [3.05, 3.63) is 82.2 Å². The van der Waals surface area contributed by atoms with Gasteiger partial charge in [0.25, 0.3) is 5.91 Å². The Morgan fingerprint density at radius 3 is 2.58 bits per heavy atom. The zero-order valence-corrected chi connectivity index (χ0v) is 13.2. The number of rotatable bonds is 5. The van der Waals surface area contributed by atoms with Gasteiger partial charge < -0.3 is 14.5 Å². The van der Waals surface area contributed by atoms with Crippen molar-refractivity contribution in [3.63, 3.8) is 0 Å². The molecule has 3 rings (SSSR count). The van der Waals surface area contributed by atoms with Gasteiger partial charge in [-0.1, -0.05) is 48.5 Å². The van der Waals surface area contributed by atoms with Crippen LogP contribution >= 0.6 is 0 Å². The first-order chi connectivity index (χ1) is 11.7. The molecular formula is C19H17NO4. The predicted octanol–water partition coefficient (Wildman–Crippen LogP) is 2.91. The molecule has 0 saturated carbocycles. The van der Waals surface area contributed by atoms with E-state index in [1.54, 1.807) is 31.4 Å². The molecule has 1 N–H and O–H groups in total. The van der Waals surface area contributed by atoms with Crippen LogP contribution in [-0.4, -0.2) is 19.6 Å². The highest BCUT2D eigenvalue weighted by molar-refractivity contribution is 5.96. The molecule has 122 valence electrons. The number of benzene rings is 2. The maximum absolute atomic E-state index is 12.3. The van der Waals surface area contributed by atoms with Gasteiger partial charge in [-0.25, -0.2) is 4.79 Å². The minimum atomic E-state index is -0.653. The fraction of sp³-hybridized carbons (Fsp3) is 0.158. The van der Waals surface area contributed by atoms with Crippen LogP contribution in [0.2, 0.25) is 0 Å². The fourth-order valence-corrected chi connectivity index (χ4v) is 2.51. The number of carbonyl (C=O) groups excluding carboxylic acids is 1. The Morgan fingerprint density at radius 2 is 1.83 bits per heavy atom. The van der Waals surface area contributed by atoms with Crippen LogP contribution in [0.3, 0.4) is 0 Å². The zero-order chi connectivity index (χ0) is 16.9. The number of ether oxygens (including phenoxy) is 1. The van der Waals surface area contributed by atoms with Crippen molar-refractivity contribution in [2.75, 3.05) is 13.7 Å². The molecule has 0 aliphatic rings. The van der Waals surface area contributed by atoms with Crippen molar-refractivity contribution in [2.24, 2.45) is 0 Å². The van der Waals surface area contributed by atoms with Crippen LogP contribution in [0.15, 0.2) is 69.9 Å². The van der Waals surface area contributed by atoms with Crippen LogP contribution in [0, 0.1) is 0 Å². The third-order valence-corrected chi connectivity index (χ3v) is 3.79. The van der Waals surface area contributed by atoms with E-state index in [4.69, 9.17) is 9.15 Å².